The van der Waals surface area contributed by atoms with Crippen LogP contribution in [0.1, 0.15) is 5.56 Å². The Bertz CT molecular complexity index is 769. The van der Waals surface area contributed by atoms with Crippen molar-refractivity contribution in [2.24, 2.45) is 0 Å². The highest BCUT2D eigenvalue weighted by Crippen LogP contribution is 2.27. The van der Waals surface area contributed by atoms with Gasteiger partial charge in [0.05, 0.1) is 17.4 Å². The summed E-state index contributed by atoms with van der Waals surface area (Å²) in [6, 6.07) is 6.10. The van der Waals surface area contributed by atoms with Crippen molar-refractivity contribution in [1.29, 1.82) is 0 Å². The molecule has 0 bridgehead atoms. The average molecular weight is 270 g/mol. The van der Waals surface area contributed by atoms with E-state index in [1.165, 1.54) is 18.3 Å². The van der Waals surface area contributed by atoms with Gasteiger partial charge in [0.25, 0.3) is 5.89 Å². The molecule has 5 nitrogen and oxygen atoms in total. The molecule has 0 atom stereocenters. The molecule has 3 rings (SSSR count). The van der Waals surface area contributed by atoms with E-state index in [-0.39, 0.29) is 5.82 Å². The standard InChI is InChI=1S/C14H11FN4O/c1-8-6-9(15)2-3-10(8)13-18-14(20-19-13)11-4-5-17-7-12(11)16/h2-7H,16H2,1H3. The van der Waals surface area contributed by atoms with Crippen LogP contribution in [0.3, 0.4) is 0 Å². The Labute approximate surface area is 114 Å². The van der Waals surface area contributed by atoms with Crippen molar-refractivity contribution in [3.63, 3.8) is 0 Å². The number of anilines is 1. The van der Waals surface area contributed by atoms with E-state index in [9.17, 15) is 4.39 Å². The van der Waals surface area contributed by atoms with Crippen LogP contribution in [0.15, 0.2) is 41.2 Å². The van der Waals surface area contributed by atoms with E-state index in [2.05, 4.69) is 15.1 Å². The third-order valence-corrected chi connectivity index (χ3v) is 2.94. The minimum atomic E-state index is -0.298. The number of benzene rings is 1. The van der Waals surface area contributed by atoms with Gasteiger partial charge in [-0.15, -0.1) is 0 Å². The van der Waals surface area contributed by atoms with E-state index < -0.39 is 0 Å². The number of pyridine rings is 1. The van der Waals surface area contributed by atoms with Gasteiger partial charge in [0, 0.05) is 11.8 Å². The molecule has 0 unspecified atom stereocenters. The van der Waals surface area contributed by atoms with E-state index in [1.54, 1.807) is 25.3 Å². The molecule has 0 radical (unpaired) electrons. The second-order valence-corrected chi connectivity index (χ2v) is 4.35. The van der Waals surface area contributed by atoms with Crippen molar-refractivity contribution in [2.75, 3.05) is 5.73 Å². The number of aryl methyl sites for hydroxylation is 1. The van der Waals surface area contributed by atoms with Crippen LogP contribution in [0.4, 0.5) is 10.1 Å². The molecule has 2 heterocycles. The maximum absolute atomic E-state index is 13.1. The lowest BCUT2D eigenvalue weighted by Gasteiger charge is -2.00. The normalized spacial score (nSPS) is 10.7. The largest absolute Gasteiger partial charge is 0.397 e. The topological polar surface area (TPSA) is 77.8 Å². The smallest absolute Gasteiger partial charge is 0.260 e. The molecule has 2 aromatic heterocycles. The predicted molar refractivity (Wildman–Crippen MR) is 72.1 cm³/mol. The molecule has 2 N–H and O–H groups in total. The van der Waals surface area contributed by atoms with Crippen molar-refractivity contribution in [2.45, 2.75) is 6.92 Å². The highest BCUT2D eigenvalue weighted by Gasteiger charge is 2.14. The molecule has 0 fully saturated rings. The molecule has 0 saturated heterocycles. The molecular formula is C14H11FN4O. The molecule has 3 aromatic rings. The second-order valence-electron chi connectivity index (χ2n) is 4.35. The van der Waals surface area contributed by atoms with Gasteiger partial charge in [-0.25, -0.2) is 4.39 Å². The fourth-order valence-corrected chi connectivity index (χ4v) is 1.92. The van der Waals surface area contributed by atoms with Gasteiger partial charge in [0.2, 0.25) is 5.82 Å². The van der Waals surface area contributed by atoms with Crippen LogP contribution in [-0.4, -0.2) is 15.1 Å². The minimum absolute atomic E-state index is 0.298. The zero-order chi connectivity index (χ0) is 14.1. The number of nitrogen functional groups attached to an aromatic ring is 1. The maximum atomic E-state index is 13.1. The van der Waals surface area contributed by atoms with Gasteiger partial charge >= 0.3 is 0 Å². The summed E-state index contributed by atoms with van der Waals surface area (Å²) in [4.78, 5) is 8.20. The monoisotopic (exact) mass is 270 g/mol. The first kappa shape index (κ1) is 12.3. The first-order valence-electron chi connectivity index (χ1n) is 5.95. The first-order chi connectivity index (χ1) is 9.65. The van der Waals surface area contributed by atoms with Crippen LogP contribution in [0, 0.1) is 12.7 Å². The molecule has 0 aliphatic carbocycles. The molecule has 20 heavy (non-hydrogen) atoms. The summed E-state index contributed by atoms with van der Waals surface area (Å²) in [6.45, 7) is 1.79. The molecule has 0 spiro atoms. The average Bonchev–Trinajstić information content (AvgIpc) is 2.88. The molecule has 100 valence electrons. The van der Waals surface area contributed by atoms with Crippen molar-refractivity contribution in [3.05, 3.63) is 48.0 Å². The van der Waals surface area contributed by atoms with Crippen molar-refractivity contribution >= 4 is 5.69 Å². The third kappa shape index (κ3) is 2.11. The van der Waals surface area contributed by atoms with Gasteiger partial charge in [-0.05, 0) is 36.8 Å². The van der Waals surface area contributed by atoms with Crippen LogP contribution in [-0.2, 0) is 0 Å². The molecule has 6 heteroatoms. The van der Waals surface area contributed by atoms with Crippen molar-refractivity contribution in [3.8, 4) is 22.8 Å². The Morgan fingerprint density at radius 1 is 1.20 bits per heavy atom. The predicted octanol–water partition coefficient (Wildman–Crippen LogP) is 2.83. The summed E-state index contributed by atoms with van der Waals surface area (Å²) in [5, 5.41) is 3.91. The number of hydrogen-bond donors (Lipinski definition) is 1. The van der Waals surface area contributed by atoms with E-state index >= 15 is 0 Å². The maximum Gasteiger partial charge on any atom is 0.260 e. The molecule has 1 aromatic carbocycles. The van der Waals surface area contributed by atoms with E-state index in [1.807, 2.05) is 0 Å². The Morgan fingerprint density at radius 3 is 2.80 bits per heavy atom. The molecule has 0 aliphatic heterocycles. The summed E-state index contributed by atoms with van der Waals surface area (Å²) in [7, 11) is 0. The van der Waals surface area contributed by atoms with E-state index in [0.29, 0.717) is 28.5 Å². The summed E-state index contributed by atoms with van der Waals surface area (Å²) in [5.74, 6) is 0.408. The summed E-state index contributed by atoms with van der Waals surface area (Å²) < 4.78 is 18.3. The number of nitrogens with two attached hydrogens (primary N) is 1. The lowest BCUT2D eigenvalue weighted by atomic mass is 10.1. The fourth-order valence-electron chi connectivity index (χ4n) is 1.92. The van der Waals surface area contributed by atoms with Crippen molar-refractivity contribution < 1.29 is 8.91 Å². The zero-order valence-corrected chi connectivity index (χ0v) is 10.7. The number of aromatic nitrogens is 3. The number of halogens is 1. The number of hydrogen-bond acceptors (Lipinski definition) is 5. The quantitative estimate of drug-likeness (QED) is 0.774. The van der Waals surface area contributed by atoms with Crippen LogP contribution in [0.5, 0.6) is 0 Å². The Morgan fingerprint density at radius 2 is 2.05 bits per heavy atom. The molecule has 0 saturated carbocycles. The highest BCUT2D eigenvalue weighted by atomic mass is 19.1. The second kappa shape index (κ2) is 4.73. The van der Waals surface area contributed by atoms with Gasteiger partial charge < -0.3 is 10.3 Å². The van der Waals surface area contributed by atoms with E-state index in [4.69, 9.17) is 10.3 Å². The van der Waals surface area contributed by atoms with Gasteiger partial charge in [-0.2, -0.15) is 4.98 Å². The Hall–Kier alpha value is -2.76. The Kier molecular flexibility index (Phi) is 2.90. The number of rotatable bonds is 2. The first-order valence-corrected chi connectivity index (χ1v) is 5.95. The zero-order valence-electron chi connectivity index (χ0n) is 10.7. The number of nitrogens with zero attached hydrogens (tertiary/aromatic N) is 3. The molecule has 0 amide bonds. The van der Waals surface area contributed by atoms with Crippen LogP contribution < -0.4 is 5.73 Å². The summed E-state index contributed by atoms with van der Waals surface area (Å²) >= 11 is 0. The summed E-state index contributed by atoms with van der Waals surface area (Å²) in [5.41, 5.74) is 8.34. The Balaban J connectivity index is 2.04. The van der Waals surface area contributed by atoms with Gasteiger partial charge in [0.15, 0.2) is 0 Å². The lowest BCUT2D eigenvalue weighted by Crippen LogP contribution is -1.91. The minimum Gasteiger partial charge on any atom is -0.397 e. The molecular weight excluding hydrogens is 259 g/mol. The lowest BCUT2D eigenvalue weighted by molar-refractivity contribution is 0.432. The van der Waals surface area contributed by atoms with Crippen LogP contribution >= 0.6 is 0 Å². The van der Waals surface area contributed by atoms with E-state index in [0.717, 1.165) is 5.56 Å². The molecule has 0 aliphatic rings. The van der Waals surface area contributed by atoms with Gasteiger partial charge in [0.1, 0.15) is 5.82 Å². The fraction of sp³-hybridized carbons (Fsp3) is 0.0714. The van der Waals surface area contributed by atoms with Crippen LogP contribution in [0.25, 0.3) is 22.8 Å². The van der Waals surface area contributed by atoms with Gasteiger partial charge in [-0.1, -0.05) is 5.16 Å². The van der Waals surface area contributed by atoms with Gasteiger partial charge in [-0.3, -0.25) is 4.98 Å². The summed E-state index contributed by atoms with van der Waals surface area (Å²) in [6.07, 6.45) is 3.11. The van der Waals surface area contributed by atoms with Crippen LogP contribution in [0.2, 0.25) is 0 Å². The highest BCUT2D eigenvalue weighted by molar-refractivity contribution is 5.70. The third-order valence-electron chi connectivity index (χ3n) is 2.94. The SMILES string of the molecule is Cc1cc(F)ccc1-c1noc(-c2ccncc2N)n1. The van der Waals surface area contributed by atoms with Crippen molar-refractivity contribution in [1.82, 2.24) is 15.1 Å².